The fraction of sp³-hybridized carbons (Fsp3) is 0.448. The van der Waals surface area contributed by atoms with E-state index in [9.17, 15) is 4.79 Å². The number of aromatic nitrogens is 1. The van der Waals surface area contributed by atoms with E-state index in [0.29, 0.717) is 13.1 Å². The van der Waals surface area contributed by atoms with Crippen LogP contribution in [-0.4, -0.2) is 84.5 Å². The zero-order chi connectivity index (χ0) is 23.8. The van der Waals surface area contributed by atoms with Crippen molar-refractivity contribution in [2.24, 2.45) is 0 Å². The van der Waals surface area contributed by atoms with Crippen molar-refractivity contribution in [3.05, 3.63) is 71.4 Å². The summed E-state index contributed by atoms with van der Waals surface area (Å²) in [6.45, 7) is 7.97. The van der Waals surface area contributed by atoms with Crippen LogP contribution in [0, 0.1) is 0 Å². The van der Waals surface area contributed by atoms with Crippen LogP contribution < -0.4 is 4.90 Å². The lowest BCUT2D eigenvalue weighted by Gasteiger charge is -2.43. The number of para-hydroxylation sites is 1. The molecule has 0 radical (unpaired) electrons. The summed E-state index contributed by atoms with van der Waals surface area (Å²) in [5.41, 5.74) is 5.27. The molecular formula is C29H35N5O. The molecule has 4 heterocycles. The van der Waals surface area contributed by atoms with E-state index in [-0.39, 0.29) is 5.91 Å². The predicted molar refractivity (Wildman–Crippen MR) is 141 cm³/mol. The number of nitrogens with zero attached hydrogens (tertiary/aromatic N) is 5. The summed E-state index contributed by atoms with van der Waals surface area (Å²) in [6, 6.07) is 19.5. The Morgan fingerprint density at radius 2 is 1.69 bits per heavy atom. The molecular weight excluding hydrogens is 434 g/mol. The third kappa shape index (κ3) is 4.53. The van der Waals surface area contributed by atoms with E-state index in [0.717, 1.165) is 72.1 Å². The van der Waals surface area contributed by atoms with Gasteiger partial charge in [0.1, 0.15) is 0 Å². The Bertz CT molecular complexity index is 1210. The van der Waals surface area contributed by atoms with Gasteiger partial charge in [-0.3, -0.25) is 14.7 Å². The van der Waals surface area contributed by atoms with Gasteiger partial charge in [0.2, 0.25) is 0 Å². The van der Waals surface area contributed by atoms with Gasteiger partial charge < -0.3 is 14.7 Å². The molecule has 3 aliphatic rings. The van der Waals surface area contributed by atoms with Gasteiger partial charge in [-0.15, -0.1) is 0 Å². The maximum atomic E-state index is 13.5. The summed E-state index contributed by atoms with van der Waals surface area (Å²) in [6.07, 6.45) is 3.32. The number of benzene rings is 2. The first-order chi connectivity index (χ1) is 17.2. The van der Waals surface area contributed by atoms with Crippen molar-refractivity contribution in [1.29, 1.82) is 0 Å². The zero-order valence-electron chi connectivity index (χ0n) is 20.7. The van der Waals surface area contributed by atoms with Crippen molar-refractivity contribution >= 4 is 22.5 Å². The van der Waals surface area contributed by atoms with Crippen molar-refractivity contribution in [3.8, 4) is 0 Å². The number of hydrogen-bond donors (Lipinski definition) is 0. The van der Waals surface area contributed by atoms with Gasteiger partial charge in [0.25, 0.3) is 5.91 Å². The lowest BCUT2D eigenvalue weighted by Crippen LogP contribution is -2.53. The van der Waals surface area contributed by atoms with Gasteiger partial charge in [0.15, 0.2) is 0 Å². The van der Waals surface area contributed by atoms with E-state index in [1.165, 1.54) is 25.9 Å². The summed E-state index contributed by atoms with van der Waals surface area (Å²) < 4.78 is 0. The zero-order valence-corrected chi connectivity index (χ0v) is 20.7. The number of likely N-dealkylation sites (tertiary alicyclic amines) is 1. The molecule has 2 saturated heterocycles. The average Bonchev–Trinajstić information content (AvgIpc) is 3.23. The fourth-order valence-corrected chi connectivity index (χ4v) is 6.03. The average molecular weight is 470 g/mol. The highest BCUT2D eigenvalue weighted by Crippen LogP contribution is 2.33. The molecule has 3 aromatic rings. The molecule has 6 rings (SSSR count). The van der Waals surface area contributed by atoms with E-state index >= 15 is 0 Å². The van der Waals surface area contributed by atoms with Gasteiger partial charge in [-0.1, -0.05) is 36.4 Å². The molecule has 0 unspecified atom stereocenters. The van der Waals surface area contributed by atoms with E-state index in [4.69, 9.17) is 4.98 Å². The van der Waals surface area contributed by atoms with Crippen molar-refractivity contribution in [3.63, 3.8) is 0 Å². The van der Waals surface area contributed by atoms with Crippen LogP contribution in [0.25, 0.3) is 10.9 Å². The highest BCUT2D eigenvalue weighted by Gasteiger charge is 2.33. The molecule has 0 aliphatic carbocycles. The first-order valence-electron chi connectivity index (χ1n) is 13.1. The number of piperidine rings is 1. The highest BCUT2D eigenvalue weighted by molar-refractivity contribution is 6.03. The second-order valence-corrected chi connectivity index (χ2v) is 10.3. The number of carbonyl (C=O) groups is 1. The lowest BCUT2D eigenvalue weighted by molar-refractivity contribution is 0.0780. The van der Waals surface area contributed by atoms with Gasteiger partial charge in [-0.05, 0) is 56.7 Å². The minimum atomic E-state index is 0.175. The maximum Gasteiger partial charge on any atom is 0.256 e. The predicted octanol–water partition coefficient (Wildman–Crippen LogP) is 3.65. The van der Waals surface area contributed by atoms with Crippen LogP contribution in [0.1, 0.15) is 34.5 Å². The fourth-order valence-electron chi connectivity index (χ4n) is 6.03. The van der Waals surface area contributed by atoms with Crippen LogP contribution >= 0.6 is 0 Å². The highest BCUT2D eigenvalue weighted by atomic mass is 16.2. The van der Waals surface area contributed by atoms with Crippen LogP contribution in [0.3, 0.4) is 0 Å². The molecule has 2 aromatic carbocycles. The molecule has 6 nitrogen and oxygen atoms in total. The number of rotatable bonds is 5. The van der Waals surface area contributed by atoms with Crippen LogP contribution in [0.4, 0.5) is 5.69 Å². The van der Waals surface area contributed by atoms with Crippen molar-refractivity contribution in [2.45, 2.75) is 31.8 Å². The van der Waals surface area contributed by atoms with Gasteiger partial charge in [0.05, 0.1) is 11.1 Å². The molecule has 3 aliphatic heterocycles. The third-order valence-corrected chi connectivity index (χ3v) is 8.14. The Hall–Kier alpha value is -2.96. The number of pyridine rings is 1. The van der Waals surface area contributed by atoms with Crippen LogP contribution in [-0.2, 0) is 13.0 Å². The topological polar surface area (TPSA) is 42.9 Å². The Balaban J connectivity index is 1.11. The molecule has 0 spiro atoms. The Morgan fingerprint density at radius 3 is 2.51 bits per heavy atom. The van der Waals surface area contributed by atoms with E-state index < -0.39 is 0 Å². The number of amides is 1. The Morgan fingerprint density at radius 1 is 0.886 bits per heavy atom. The van der Waals surface area contributed by atoms with Gasteiger partial charge in [0, 0.05) is 68.5 Å². The second kappa shape index (κ2) is 9.59. The van der Waals surface area contributed by atoms with Gasteiger partial charge in [-0.25, -0.2) is 0 Å². The normalized spacial score (nSPS) is 20.1. The summed E-state index contributed by atoms with van der Waals surface area (Å²) in [5.74, 6) is 0.175. The minimum Gasteiger partial charge on any atom is -0.368 e. The molecule has 1 amide bonds. The van der Waals surface area contributed by atoms with Crippen molar-refractivity contribution < 1.29 is 4.79 Å². The molecule has 6 heteroatoms. The van der Waals surface area contributed by atoms with E-state index in [1.54, 1.807) is 0 Å². The molecule has 0 N–H and O–H groups in total. The molecule has 182 valence electrons. The van der Waals surface area contributed by atoms with Crippen LogP contribution in [0.2, 0.25) is 0 Å². The Labute approximate surface area is 208 Å². The van der Waals surface area contributed by atoms with Crippen LogP contribution in [0.15, 0.2) is 54.6 Å². The first kappa shape index (κ1) is 22.5. The number of fused-ring (bicyclic) bond motifs is 2. The monoisotopic (exact) mass is 469 g/mol. The van der Waals surface area contributed by atoms with E-state index in [2.05, 4.69) is 64.2 Å². The number of piperazine rings is 1. The quantitative estimate of drug-likeness (QED) is 0.571. The first-order valence-corrected chi connectivity index (χ1v) is 13.1. The Kier molecular flexibility index (Phi) is 6.17. The minimum absolute atomic E-state index is 0.175. The van der Waals surface area contributed by atoms with Crippen molar-refractivity contribution in [2.75, 3.05) is 57.8 Å². The summed E-state index contributed by atoms with van der Waals surface area (Å²) in [4.78, 5) is 27.9. The SMILES string of the molecule is CN1CCC(N2CCN(c3cccc4c3C(=O)N(CCc3ccc5ccccc5n3)C4)CC2)CC1. The number of anilines is 1. The molecule has 0 atom stereocenters. The standard InChI is InChI=1S/C29H35N5O/c1-31-14-12-25(13-15-31)32-17-19-33(20-18-32)27-8-4-6-23-21-34(29(35)28(23)27)16-11-24-10-9-22-5-2-3-7-26(22)30-24/h2-10,25H,11-21H2,1H3. The third-order valence-electron chi connectivity index (χ3n) is 8.14. The largest absolute Gasteiger partial charge is 0.368 e. The molecule has 0 saturated carbocycles. The molecule has 35 heavy (non-hydrogen) atoms. The van der Waals surface area contributed by atoms with Crippen LogP contribution in [0.5, 0.6) is 0 Å². The van der Waals surface area contributed by atoms with Crippen molar-refractivity contribution in [1.82, 2.24) is 19.7 Å². The second-order valence-electron chi connectivity index (χ2n) is 10.3. The summed E-state index contributed by atoms with van der Waals surface area (Å²) in [7, 11) is 2.22. The molecule has 2 fully saturated rings. The summed E-state index contributed by atoms with van der Waals surface area (Å²) in [5, 5.41) is 1.15. The lowest BCUT2D eigenvalue weighted by atomic mass is 10.0. The summed E-state index contributed by atoms with van der Waals surface area (Å²) >= 11 is 0. The smallest absolute Gasteiger partial charge is 0.256 e. The molecule has 0 bridgehead atoms. The van der Waals surface area contributed by atoms with Gasteiger partial charge in [-0.2, -0.15) is 0 Å². The maximum absolute atomic E-state index is 13.5. The molecule has 1 aromatic heterocycles. The number of carbonyl (C=O) groups excluding carboxylic acids is 1. The van der Waals surface area contributed by atoms with Gasteiger partial charge >= 0.3 is 0 Å². The van der Waals surface area contributed by atoms with E-state index in [1.807, 2.05) is 17.0 Å². The number of hydrogen-bond acceptors (Lipinski definition) is 5.